The summed E-state index contributed by atoms with van der Waals surface area (Å²) >= 11 is 0. The van der Waals surface area contributed by atoms with Crippen LogP contribution in [0.2, 0.25) is 0 Å². The van der Waals surface area contributed by atoms with Crippen molar-refractivity contribution in [3.05, 3.63) is 0 Å². The van der Waals surface area contributed by atoms with Crippen molar-refractivity contribution in [3.8, 4) is 0 Å². The van der Waals surface area contributed by atoms with E-state index in [1.54, 1.807) is 0 Å². The van der Waals surface area contributed by atoms with Gasteiger partial charge in [0, 0.05) is 12.0 Å². The zero-order valence-corrected chi connectivity index (χ0v) is 11.4. The molecular weight excluding hydrogens is 244 g/mol. The fraction of sp³-hybridized carbons (Fsp3) is 0.857. The Hall–Kier alpha value is -1.10. The van der Waals surface area contributed by atoms with Crippen molar-refractivity contribution in [3.63, 3.8) is 0 Å². The molecule has 0 bridgehead atoms. The van der Waals surface area contributed by atoms with E-state index in [1.807, 2.05) is 0 Å². The number of carboxylic acid groups (broad SMARTS) is 1. The molecule has 0 aromatic heterocycles. The average molecular weight is 268 g/mol. The highest BCUT2D eigenvalue weighted by Crippen LogP contribution is 2.32. The summed E-state index contributed by atoms with van der Waals surface area (Å²) in [6.07, 6.45) is 8.12. The quantitative estimate of drug-likeness (QED) is 0.703. The fourth-order valence-corrected chi connectivity index (χ4v) is 3.20. The lowest BCUT2D eigenvalue weighted by molar-refractivity contribution is -0.144. The van der Waals surface area contributed by atoms with Crippen LogP contribution in [0.1, 0.15) is 57.8 Å². The SMILES string of the molecule is NC1(CC(=O)NC(C(=O)O)C2CCCCC2)CCC1. The molecule has 4 N–H and O–H groups in total. The summed E-state index contributed by atoms with van der Waals surface area (Å²) in [5.41, 5.74) is 5.64. The molecule has 0 saturated heterocycles. The Morgan fingerprint density at radius 1 is 1.21 bits per heavy atom. The molecule has 0 heterocycles. The van der Waals surface area contributed by atoms with Crippen LogP contribution >= 0.6 is 0 Å². The van der Waals surface area contributed by atoms with E-state index in [0.29, 0.717) is 0 Å². The van der Waals surface area contributed by atoms with Gasteiger partial charge < -0.3 is 16.2 Å². The highest BCUT2D eigenvalue weighted by molar-refractivity contribution is 5.84. The second-order valence-corrected chi connectivity index (χ2v) is 6.17. The highest BCUT2D eigenvalue weighted by atomic mass is 16.4. The van der Waals surface area contributed by atoms with Crippen molar-refractivity contribution in [2.45, 2.75) is 69.4 Å². The Bertz CT molecular complexity index is 347. The van der Waals surface area contributed by atoms with Crippen LogP contribution < -0.4 is 11.1 Å². The average Bonchev–Trinajstić information content (AvgIpc) is 2.35. The molecule has 2 fully saturated rings. The molecule has 5 nitrogen and oxygen atoms in total. The minimum absolute atomic E-state index is 0.0744. The number of aliphatic carboxylic acids is 1. The summed E-state index contributed by atoms with van der Waals surface area (Å²) in [5.74, 6) is -1.05. The molecule has 0 spiro atoms. The number of carbonyl (C=O) groups excluding carboxylic acids is 1. The molecule has 2 rings (SSSR count). The first-order chi connectivity index (χ1) is 9.00. The number of carbonyl (C=O) groups is 2. The highest BCUT2D eigenvalue weighted by Gasteiger charge is 2.37. The lowest BCUT2D eigenvalue weighted by Gasteiger charge is -2.38. The van der Waals surface area contributed by atoms with Gasteiger partial charge >= 0.3 is 5.97 Å². The number of rotatable bonds is 5. The summed E-state index contributed by atoms with van der Waals surface area (Å²) in [4.78, 5) is 23.3. The van der Waals surface area contributed by atoms with E-state index in [4.69, 9.17) is 5.73 Å². The van der Waals surface area contributed by atoms with E-state index in [-0.39, 0.29) is 23.8 Å². The second kappa shape index (κ2) is 5.90. The van der Waals surface area contributed by atoms with Crippen molar-refractivity contribution in [1.82, 2.24) is 5.32 Å². The molecular formula is C14H24N2O3. The van der Waals surface area contributed by atoms with Gasteiger partial charge in [0.15, 0.2) is 0 Å². The molecule has 108 valence electrons. The fourth-order valence-electron chi connectivity index (χ4n) is 3.20. The molecule has 0 aromatic rings. The lowest BCUT2D eigenvalue weighted by Crippen LogP contribution is -2.53. The van der Waals surface area contributed by atoms with Crippen LogP contribution in [-0.4, -0.2) is 28.6 Å². The number of hydrogen-bond donors (Lipinski definition) is 3. The van der Waals surface area contributed by atoms with Crippen molar-refractivity contribution in [2.24, 2.45) is 11.7 Å². The Morgan fingerprint density at radius 3 is 2.32 bits per heavy atom. The van der Waals surface area contributed by atoms with Crippen LogP contribution in [0.5, 0.6) is 0 Å². The third kappa shape index (κ3) is 3.69. The van der Waals surface area contributed by atoms with E-state index in [0.717, 1.165) is 44.9 Å². The lowest BCUT2D eigenvalue weighted by atomic mass is 9.75. The topological polar surface area (TPSA) is 92.4 Å². The van der Waals surface area contributed by atoms with Gasteiger partial charge in [-0.1, -0.05) is 19.3 Å². The first-order valence-corrected chi connectivity index (χ1v) is 7.31. The van der Waals surface area contributed by atoms with Crippen LogP contribution in [0.15, 0.2) is 0 Å². The zero-order valence-electron chi connectivity index (χ0n) is 11.4. The minimum atomic E-state index is -0.917. The van der Waals surface area contributed by atoms with E-state index >= 15 is 0 Å². The summed E-state index contributed by atoms with van der Waals surface area (Å²) in [5, 5.41) is 12.0. The molecule has 2 aliphatic carbocycles. The van der Waals surface area contributed by atoms with Crippen LogP contribution in [0.25, 0.3) is 0 Å². The Kier molecular flexibility index (Phi) is 4.45. The summed E-state index contributed by atoms with van der Waals surface area (Å²) in [7, 11) is 0. The predicted octanol–water partition coefficient (Wildman–Crippen LogP) is 1.41. The van der Waals surface area contributed by atoms with Gasteiger partial charge in [0.25, 0.3) is 0 Å². The zero-order chi connectivity index (χ0) is 13.9. The van der Waals surface area contributed by atoms with Gasteiger partial charge in [-0.25, -0.2) is 4.79 Å². The molecule has 5 heteroatoms. The normalized spacial score (nSPS) is 24.3. The third-order valence-corrected chi connectivity index (χ3v) is 4.57. The Morgan fingerprint density at radius 2 is 1.84 bits per heavy atom. The molecule has 0 radical (unpaired) electrons. The first kappa shape index (κ1) is 14.3. The van der Waals surface area contributed by atoms with Gasteiger partial charge in [0.05, 0.1) is 0 Å². The molecule has 1 atom stereocenters. The Labute approximate surface area is 113 Å². The van der Waals surface area contributed by atoms with Gasteiger partial charge in [-0.3, -0.25) is 4.79 Å². The number of carboxylic acids is 1. The second-order valence-electron chi connectivity index (χ2n) is 6.17. The molecule has 1 unspecified atom stereocenters. The third-order valence-electron chi connectivity index (χ3n) is 4.57. The maximum atomic E-state index is 12.0. The maximum absolute atomic E-state index is 12.0. The number of hydrogen-bond acceptors (Lipinski definition) is 3. The van der Waals surface area contributed by atoms with E-state index in [2.05, 4.69) is 5.32 Å². The van der Waals surface area contributed by atoms with Gasteiger partial charge in [0.2, 0.25) is 5.91 Å². The smallest absolute Gasteiger partial charge is 0.326 e. The molecule has 2 aliphatic rings. The monoisotopic (exact) mass is 268 g/mol. The molecule has 0 aliphatic heterocycles. The molecule has 1 amide bonds. The predicted molar refractivity (Wildman–Crippen MR) is 71.5 cm³/mol. The molecule has 2 saturated carbocycles. The van der Waals surface area contributed by atoms with Crippen LogP contribution in [-0.2, 0) is 9.59 Å². The van der Waals surface area contributed by atoms with Crippen molar-refractivity contribution < 1.29 is 14.7 Å². The largest absolute Gasteiger partial charge is 0.480 e. The summed E-state index contributed by atoms with van der Waals surface area (Å²) in [6.45, 7) is 0. The molecule has 19 heavy (non-hydrogen) atoms. The van der Waals surface area contributed by atoms with Gasteiger partial charge in [0.1, 0.15) is 6.04 Å². The van der Waals surface area contributed by atoms with Crippen molar-refractivity contribution in [2.75, 3.05) is 0 Å². The standard InChI is InChI=1S/C14H24N2O3/c15-14(7-4-8-14)9-11(17)16-12(13(18)19)10-5-2-1-3-6-10/h10,12H,1-9,15H2,(H,16,17)(H,18,19). The van der Waals surface area contributed by atoms with Crippen molar-refractivity contribution in [1.29, 1.82) is 0 Å². The molecule has 0 aromatic carbocycles. The van der Waals surface area contributed by atoms with E-state index < -0.39 is 12.0 Å². The Balaban J connectivity index is 1.88. The van der Waals surface area contributed by atoms with Crippen molar-refractivity contribution >= 4 is 11.9 Å². The summed E-state index contributed by atoms with van der Waals surface area (Å²) in [6, 6.07) is -0.739. The minimum Gasteiger partial charge on any atom is -0.480 e. The van der Waals surface area contributed by atoms with Gasteiger partial charge in [-0.15, -0.1) is 0 Å². The number of amides is 1. The van der Waals surface area contributed by atoms with E-state index in [9.17, 15) is 14.7 Å². The van der Waals surface area contributed by atoms with Gasteiger partial charge in [-0.05, 0) is 38.0 Å². The first-order valence-electron chi connectivity index (χ1n) is 7.31. The number of nitrogens with one attached hydrogen (secondary N) is 1. The van der Waals surface area contributed by atoms with E-state index in [1.165, 1.54) is 6.42 Å². The maximum Gasteiger partial charge on any atom is 0.326 e. The van der Waals surface area contributed by atoms with Crippen LogP contribution in [0.3, 0.4) is 0 Å². The van der Waals surface area contributed by atoms with Crippen LogP contribution in [0, 0.1) is 5.92 Å². The van der Waals surface area contributed by atoms with Gasteiger partial charge in [-0.2, -0.15) is 0 Å². The number of nitrogens with two attached hydrogens (primary N) is 1. The van der Waals surface area contributed by atoms with Crippen LogP contribution in [0.4, 0.5) is 0 Å². The summed E-state index contributed by atoms with van der Waals surface area (Å²) < 4.78 is 0.